The minimum Gasteiger partial charge on any atom is -0.345 e. The number of halogens is 3. The number of nitrogens with one attached hydrogen (secondary N) is 3. The number of rotatable bonds is 6. The summed E-state index contributed by atoms with van der Waals surface area (Å²) in [6.07, 6.45) is -3.51. The monoisotopic (exact) mass is 492 g/mol. The molecule has 0 bridgehead atoms. The number of alkyl halides is 3. The van der Waals surface area contributed by atoms with Crippen LogP contribution in [-0.2, 0) is 22.2 Å². The van der Waals surface area contributed by atoms with E-state index < -0.39 is 18.0 Å². The van der Waals surface area contributed by atoms with E-state index in [9.17, 15) is 22.8 Å². The number of benzene rings is 3. The van der Waals surface area contributed by atoms with Crippen molar-refractivity contribution < 1.29 is 22.8 Å². The van der Waals surface area contributed by atoms with Gasteiger partial charge in [0.25, 0.3) is 0 Å². The van der Waals surface area contributed by atoms with Gasteiger partial charge in [0.2, 0.25) is 17.6 Å². The molecule has 2 atom stereocenters. The molecule has 5 rings (SSSR count). The van der Waals surface area contributed by atoms with Crippen LogP contribution < -0.4 is 10.6 Å². The van der Waals surface area contributed by atoms with Crippen LogP contribution >= 0.6 is 0 Å². The number of nitrogens with zero attached hydrogens (tertiary/aromatic N) is 1. The quantitative estimate of drug-likeness (QED) is 0.338. The number of hydrogen-bond acceptors (Lipinski definition) is 3. The number of aromatic amines is 1. The molecule has 0 spiro atoms. The minimum atomic E-state index is -4.59. The number of fused-ring (bicyclic) bond motifs is 2. The second-order valence-corrected chi connectivity index (χ2v) is 8.86. The third kappa shape index (κ3) is 4.95. The Hall–Kier alpha value is -4.14. The Morgan fingerprint density at radius 1 is 1.03 bits per heavy atom. The van der Waals surface area contributed by atoms with Crippen LogP contribution in [0.15, 0.2) is 72.8 Å². The smallest absolute Gasteiger partial charge is 0.345 e. The summed E-state index contributed by atoms with van der Waals surface area (Å²) in [5, 5.41) is 5.89. The molecular formula is C27H23F3N4O2. The van der Waals surface area contributed by atoms with Crippen molar-refractivity contribution in [2.75, 3.05) is 5.32 Å². The fraction of sp³-hybridized carbons (Fsp3) is 0.222. The number of H-pyrrole nitrogens is 1. The van der Waals surface area contributed by atoms with E-state index in [0.717, 1.165) is 16.8 Å². The molecule has 184 valence electrons. The third-order valence-corrected chi connectivity index (χ3v) is 6.38. The number of imidazole rings is 1. The summed E-state index contributed by atoms with van der Waals surface area (Å²) in [4.78, 5) is 31.4. The molecule has 2 unspecified atom stereocenters. The van der Waals surface area contributed by atoms with Gasteiger partial charge in [-0.2, -0.15) is 13.2 Å². The van der Waals surface area contributed by atoms with Crippen LogP contribution in [0.4, 0.5) is 18.9 Å². The van der Waals surface area contributed by atoms with E-state index in [4.69, 9.17) is 0 Å². The van der Waals surface area contributed by atoms with Crippen LogP contribution in [-0.4, -0.2) is 21.8 Å². The van der Waals surface area contributed by atoms with Gasteiger partial charge in [-0.25, -0.2) is 4.98 Å². The Labute approximate surface area is 204 Å². The molecule has 0 saturated carbocycles. The van der Waals surface area contributed by atoms with Crippen LogP contribution in [0.3, 0.4) is 0 Å². The number of carbonyl (C=O) groups is 2. The summed E-state index contributed by atoms with van der Waals surface area (Å²) >= 11 is 0. The predicted molar refractivity (Wildman–Crippen MR) is 129 cm³/mol. The zero-order valence-corrected chi connectivity index (χ0v) is 19.1. The molecule has 1 aliphatic heterocycles. The molecule has 0 radical (unpaired) electrons. The van der Waals surface area contributed by atoms with Crippen LogP contribution in [0.1, 0.15) is 41.4 Å². The maximum atomic E-state index is 13.1. The van der Waals surface area contributed by atoms with Crippen molar-refractivity contribution in [1.82, 2.24) is 15.3 Å². The van der Waals surface area contributed by atoms with E-state index in [-0.39, 0.29) is 35.2 Å². The van der Waals surface area contributed by atoms with Crippen molar-refractivity contribution in [3.63, 3.8) is 0 Å². The van der Waals surface area contributed by atoms with E-state index in [1.54, 1.807) is 12.1 Å². The second-order valence-electron chi connectivity index (χ2n) is 8.86. The lowest BCUT2D eigenvalue weighted by Gasteiger charge is -2.25. The van der Waals surface area contributed by atoms with Gasteiger partial charge in [0.1, 0.15) is 0 Å². The largest absolute Gasteiger partial charge is 0.449 e. The summed E-state index contributed by atoms with van der Waals surface area (Å²) in [5.41, 5.74) is 3.65. The first-order chi connectivity index (χ1) is 17.3. The molecule has 0 saturated heterocycles. The summed E-state index contributed by atoms with van der Waals surface area (Å²) in [7, 11) is 0. The Bertz CT molecular complexity index is 1420. The van der Waals surface area contributed by atoms with Crippen LogP contribution in [0.5, 0.6) is 0 Å². The molecule has 1 aromatic heterocycles. The molecule has 9 heteroatoms. The zero-order valence-electron chi connectivity index (χ0n) is 19.1. The summed E-state index contributed by atoms with van der Waals surface area (Å²) in [6, 6.07) is 20.9. The number of carbonyl (C=O) groups excluding carboxylic acids is 2. The van der Waals surface area contributed by atoms with Crippen molar-refractivity contribution in [3.8, 4) is 0 Å². The fourth-order valence-corrected chi connectivity index (χ4v) is 4.53. The highest BCUT2D eigenvalue weighted by Gasteiger charge is 2.35. The van der Waals surface area contributed by atoms with Crippen molar-refractivity contribution in [1.29, 1.82) is 0 Å². The average Bonchev–Trinajstić information content (AvgIpc) is 3.31. The fourth-order valence-electron chi connectivity index (χ4n) is 4.53. The number of hydrogen-bond donors (Lipinski definition) is 3. The van der Waals surface area contributed by atoms with E-state index in [1.807, 2.05) is 54.6 Å². The predicted octanol–water partition coefficient (Wildman–Crippen LogP) is 5.38. The van der Waals surface area contributed by atoms with Gasteiger partial charge >= 0.3 is 6.18 Å². The highest BCUT2D eigenvalue weighted by atomic mass is 19.4. The molecule has 4 aromatic rings. The Kier molecular flexibility index (Phi) is 6.22. The number of anilines is 1. The molecule has 3 N–H and O–H groups in total. The maximum Gasteiger partial charge on any atom is 0.449 e. The van der Waals surface area contributed by atoms with E-state index >= 15 is 0 Å². The summed E-state index contributed by atoms with van der Waals surface area (Å²) in [6.45, 7) is 0. The third-order valence-electron chi connectivity index (χ3n) is 6.38. The molecule has 36 heavy (non-hydrogen) atoms. The highest BCUT2D eigenvalue weighted by Crippen LogP contribution is 2.31. The SMILES string of the molecule is O=C(CCC1Cc2ccccc2NC1=O)NC(c1ccccc1)c1ccc2nc(C(F)(F)F)[nH]c2c1. The van der Waals surface area contributed by atoms with Crippen molar-refractivity contribution >= 4 is 28.5 Å². The summed E-state index contributed by atoms with van der Waals surface area (Å²) < 4.78 is 39.3. The number of amides is 2. The van der Waals surface area contributed by atoms with Gasteiger partial charge in [0, 0.05) is 18.0 Å². The average molecular weight is 493 g/mol. The number of para-hydroxylation sites is 1. The first kappa shape index (κ1) is 23.6. The highest BCUT2D eigenvalue weighted by molar-refractivity contribution is 5.96. The van der Waals surface area contributed by atoms with E-state index in [0.29, 0.717) is 18.4 Å². The van der Waals surface area contributed by atoms with Crippen LogP contribution in [0.2, 0.25) is 0 Å². The Morgan fingerprint density at radius 3 is 2.56 bits per heavy atom. The molecule has 2 amide bonds. The molecule has 3 aromatic carbocycles. The lowest BCUT2D eigenvalue weighted by Crippen LogP contribution is -2.33. The first-order valence-corrected chi connectivity index (χ1v) is 11.6. The van der Waals surface area contributed by atoms with Gasteiger partial charge < -0.3 is 15.6 Å². The van der Waals surface area contributed by atoms with Gasteiger partial charge in [0.15, 0.2) is 0 Å². The van der Waals surface area contributed by atoms with E-state index in [2.05, 4.69) is 20.6 Å². The second kappa shape index (κ2) is 9.49. The normalized spacial score (nSPS) is 16.3. The molecule has 0 fully saturated rings. The molecule has 6 nitrogen and oxygen atoms in total. The lowest BCUT2D eigenvalue weighted by atomic mass is 9.89. The first-order valence-electron chi connectivity index (χ1n) is 11.6. The maximum absolute atomic E-state index is 13.1. The zero-order chi connectivity index (χ0) is 25.3. The molecule has 0 aliphatic carbocycles. The van der Waals surface area contributed by atoms with Gasteiger partial charge in [-0.15, -0.1) is 0 Å². The lowest BCUT2D eigenvalue weighted by molar-refractivity contribution is -0.144. The van der Waals surface area contributed by atoms with Gasteiger partial charge in [-0.3, -0.25) is 9.59 Å². The number of aromatic nitrogens is 2. The van der Waals surface area contributed by atoms with Crippen molar-refractivity contribution in [2.45, 2.75) is 31.5 Å². The molecule has 2 heterocycles. The van der Waals surface area contributed by atoms with Gasteiger partial charge in [-0.1, -0.05) is 54.6 Å². The minimum absolute atomic E-state index is 0.105. The Balaban J connectivity index is 1.34. The van der Waals surface area contributed by atoms with Crippen molar-refractivity contribution in [3.05, 3.63) is 95.3 Å². The van der Waals surface area contributed by atoms with Crippen molar-refractivity contribution in [2.24, 2.45) is 5.92 Å². The van der Waals surface area contributed by atoms with Crippen LogP contribution in [0, 0.1) is 5.92 Å². The topological polar surface area (TPSA) is 86.9 Å². The van der Waals surface area contributed by atoms with Gasteiger partial charge in [0.05, 0.1) is 17.1 Å². The summed E-state index contributed by atoms with van der Waals surface area (Å²) in [5.74, 6) is -1.74. The molecular weight excluding hydrogens is 469 g/mol. The standard InChI is InChI=1S/C27H23F3N4O2/c28-27(29,30)26-32-21-12-10-18(15-22(21)33-26)24(16-6-2-1-3-7-16)34-23(35)13-11-19-14-17-8-4-5-9-20(17)31-25(19)36/h1-10,12,15,19,24H,11,13-14H2,(H,31,36)(H,32,33)(H,34,35). The van der Waals surface area contributed by atoms with E-state index in [1.165, 1.54) is 6.07 Å². The Morgan fingerprint density at radius 2 is 1.78 bits per heavy atom. The van der Waals surface area contributed by atoms with Crippen LogP contribution in [0.25, 0.3) is 11.0 Å². The molecule has 1 aliphatic rings. The van der Waals surface area contributed by atoms with Gasteiger partial charge in [-0.05, 0) is 47.7 Å².